The largest absolute Gasteiger partial charge is 0.454 e. The molecule has 252 valence electrons. The fourth-order valence-corrected chi connectivity index (χ4v) is 4.02. The molecule has 2 aliphatic heterocycles. The zero-order valence-electron chi connectivity index (χ0n) is 25.7. The Morgan fingerprint density at radius 3 is 1.60 bits per heavy atom. The summed E-state index contributed by atoms with van der Waals surface area (Å²) < 4.78 is 20.8. The fraction of sp³-hybridized carbons (Fsp3) is 0.188. The minimum atomic E-state index is -0.451. The summed E-state index contributed by atoms with van der Waals surface area (Å²) in [6.07, 6.45) is 0. The molecule has 16 heteroatoms. The number of carbonyl (C=O) groups excluding carboxylic acids is 1. The molecule has 0 saturated heterocycles. The molecule has 0 bridgehead atoms. The van der Waals surface area contributed by atoms with Crippen LogP contribution < -0.4 is 24.8 Å². The standard InChI is InChI=1S/C16H14N2O5.C9H8O3.C7H8N2O3.ClH/c1-11(13-4-7-15-16(8-13)22-10-21-15)17-23-9-12-2-5-14(6-3-12)18(19)20;1-6(10)7-2-3-8-9(4-7)12-5-11-8;8-12-5-6-1-3-7(4-2-6)9(10)11;/h2-8H,9-10H2,1H3;2-4H,5H2,1H3;1-4H,5,8H2;1H/b17-11+;;;. The maximum absolute atomic E-state index is 10.9. The van der Waals surface area contributed by atoms with E-state index in [9.17, 15) is 25.0 Å². The Kier molecular flexibility index (Phi) is 13.6. The van der Waals surface area contributed by atoms with Crippen molar-refractivity contribution in [2.24, 2.45) is 11.1 Å². The van der Waals surface area contributed by atoms with Crippen LogP contribution in [0.15, 0.2) is 90.1 Å². The minimum absolute atomic E-state index is 0. The van der Waals surface area contributed by atoms with Gasteiger partial charge in [0.05, 0.1) is 22.2 Å². The third-order valence-electron chi connectivity index (χ3n) is 6.55. The molecule has 2 heterocycles. The van der Waals surface area contributed by atoms with Gasteiger partial charge in [-0.3, -0.25) is 29.9 Å². The number of nitrogens with zero attached hydrogens (tertiary/aromatic N) is 3. The normalized spacial score (nSPS) is 11.9. The zero-order valence-corrected chi connectivity index (χ0v) is 26.5. The number of ketones is 1. The summed E-state index contributed by atoms with van der Waals surface area (Å²) in [4.78, 5) is 40.5. The van der Waals surface area contributed by atoms with Gasteiger partial charge >= 0.3 is 0 Å². The monoisotopic (exact) mass is 682 g/mol. The minimum Gasteiger partial charge on any atom is -0.454 e. The number of ether oxygens (including phenoxy) is 4. The number of rotatable bonds is 9. The highest BCUT2D eigenvalue weighted by Crippen LogP contribution is 2.33. The third kappa shape index (κ3) is 10.4. The van der Waals surface area contributed by atoms with Crippen molar-refractivity contribution in [3.8, 4) is 23.0 Å². The van der Waals surface area contributed by atoms with Gasteiger partial charge in [0.2, 0.25) is 13.6 Å². The van der Waals surface area contributed by atoms with Crippen molar-refractivity contribution in [1.82, 2.24) is 0 Å². The summed E-state index contributed by atoms with van der Waals surface area (Å²) in [6, 6.07) is 22.9. The number of nitrogens with two attached hydrogens (primary N) is 1. The van der Waals surface area contributed by atoms with Gasteiger partial charge < -0.3 is 23.8 Å². The number of carbonyl (C=O) groups is 1. The molecule has 0 aromatic heterocycles. The maximum Gasteiger partial charge on any atom is 0.269 e. The number of Topliss-reactive ketones (excluding diaryl/α,β-unsaturated/α-hetero) is 1. The van der Waals surface area contributed by atoms with Crippen LogP contribution in [0.5, 0.6) is 23.0 Å². The topological polar surface area (TPSA) is 197 Å². The van der Waals surface area contributed by atoms with Crippen molar-refractivity contribution in [2.75, 3.05) is 13.6 Å². The second kappa shape index (κ2) is 17.8. The number of hydrogen-bond donors (Lipinski definition) is 1. The Morgan fingerprint density at radius 1 is 0.708 bits per heavy atom. The molecule has 0 amide bonds. The number of oxime groups is 1. The molecule has 0 fully saturated rings. The molecule has 6 rings (SSSR count). The molecule has 0 aliphatic carbocycles. The molecule has 0 unspecified atom stereocenters. The fourth-order valence-electron chi connectivity index (χ4n) is 4.02. The first-order chi connectivity index (χ1) is 22.6. The van der Waals surface area contributed by atoms with Crippen molar-refractivity contribution < 1.29 is 43.3 Å². The molecule has 4 aromatic rings. The van der Waals surface area contributed by atoms with E-state index in [1.54, 1.807) is 42.5 Å². The van der Waals surface area contributed by atoms with Crippen LogP contribution in [0.25, 0.3) is 0 Å². The number of nitro benzene ring substituents is 2. The molecule has 48 heavy (non-hydrogen) atoms. The number of hydrogen-bond acceptors (Lipinski definition) is 13. The van der Waals surface area contributed by atoms with Crippen LogP contribution in [-0.2, 0) is 22.9 Å². The Hall–Kier alpha value is -5.77. The van der Waals surface area contributed by atoms with Crippen LogP contribution in [0, 0.1) is 20.2 Å². The Bertz CT molecular complexity index is 1750. The summed E-state index contributed by atoms with van der Waals surface area (Å²) in [7, 11) is 0. The van der Waals surface area contributed by atoms with Crippen molar-refractivity contribution in [1.29, 1.82) is 0 Å². The van der Waals surface area contributed by atoms with Crippen LogP contribution in [0.3, 0.4) is 0 Å². The zero-order chi connectivity index (χ0) is 33.8. The number of non-ortho nitro benzene ring substituents is 2. The van der Waals surface area contributed by atoms with Gasteiger partial charge in [0.25, 0.3) is 11.4 Å². The van der Waals surface area contributed by atoms with Crippen LogP contribution in [0.4, 0.5) is 11.4 Å². The smallest absolute Gasteiger partial charge is 0.269 e. The molecule has 15 nitrogen and oxygen atoms in total. The lowest BCUT2D eigenvalue weighted by atomic mass is 10.1. The Labute approximate surface area is 280 Å². The summed E-state index contributed by atoms with van der Waals surface area (Å²) in [5.41, 5.74) is 3.95. The van der Waals surface area contributed by atoms with E-state index in [1.165, 1.54) is 31.2 Å². The van der Waals surface area contributed by atoms with Gasteiger partial charge in [-0.25, -0.2) is 5.90 Å². The Morgan fingerprint density at radius 2 is 1.15 bits per heavy atom. The van der Waals surface area contributed by atoms with Crippen LogP contribution in [0.2, 0.25) is 0 Å². The predicted molar refractivity (Wildman–Crippen MR) is 175 cm³/mol. The van der Waals surface area contributed by atoms with Gasteiger partial charge in [0.1, 0.15) is 6.61 Å². The second-order valence-electron chi connectivity index (χ2n) is 9.80. The molecular formula is C32H31ClN4O11. The van der Waals surface area contributed by atoms with Crippen molar-refractivity contribution in [3.05, 3.63) is 127 Å². The second-order valence-corrected chi connectivity index (χ2v) is 9.80. The highest BCUT2D eigenvalue weighted by Gasteiger charge is 2.15. The molecule has 0 saturated carbocycles. The average Bonchev–Trinajstić information content (AvgIpc) is 3.75. The van der Waals surface area contributed by atoms with E-state index in [1.807, 2.05) is 25.1 Å². The lowest BCUT2D eigenvalue weighted by molar-refractivity contribution is -0.385. The van der Waals surface area contributed by atoms with E-state index in [0.717, 1.165) is 16.7 Å². The number of fused-ring (bicyclic) bond motifs is 2. The lowest BCUT2D eigenvalue weighted by Crippen LogP contribution is -1.98. The van der Waals surface area contributed by atoms with Crippen LogP contribution >= 0.6 is 12.4 Å². The SMILES string of the molecule is C/C(=N\OCc1ccc([N+](=O)[O-])cc1)c1ccc2c(c1)OCO2.CC(=O)c1ccc2c(c1)OCO2.Cl.NOCc1ccc([N+](=O)[O-])cc1. The van der Waals surface area contributed by atoms with Crippen LogP contribution in [-0.4, -0.2) is 34.9 Å². The molecule has 0 atom stereocenters. The molecule has 4 aromatic carbocycles. The van der Waals surface area contributed by atoms with Crippen LogP contribution in [0.1, 0.15) is 40.9 Å². The van der Waals surface area contributed by atoms with E-state index in [0.29, 0.717) is 34.3 Å². The number of nitro groups is 2. The molecular weight excluding hydrogens is 652 g/mol. The highest BCUT2D eigenvalue weighted by molar-refractivity contribution is 5.99. The van der Waals surface area contributed by atoms with Gasteiger partial charge in [-0.1, -0.05) is 5.16 Å². The van der Waals surface area contributed by atoms with Gasteiger partial charge in [0, 0.05) is 35.4 Å². The number of benzene rings is 4. The first-order valence-electron chi connectivity index (χ1n) is 13.9. The first-order valence-corrected chi connectivity index (χ1v) is 13.9. The van der Waals surface area contributed by atoms with Gasteiger partial charge in [-0.05, 0) is 85.6 Å². The third-order valence-corrected chi connectivity index (χ3v) is 6.55. The van der Waals surface area contributed by atoms with Gasteiger partial charge in [0.15, 0.2) is 28.8 Å². The van der Waals surface area contributed by atoms with Crippen molar-refractivity contribution in [2.45, 2.75) is 27.1 Å². The number of halogens is 1. The van der Waals surface area contributed by atoms with E-state index >= 15 is 0 Å². The van der Waals surface area contributed by atoms with E-state index in [2.05, 4.69) is 9.99 Å². The predicted octanol–water partition coefficient (Wildman–Crippen LogP) is 6.29. The Balaban J connectivity index is 0.000000212. The van der Waals surface area contributed by atoms with E-state index in [4.69, 9.17) is 29.7 Å². The summed E-state index contributed by atoms with van der Waals surface area (Å²) in [6.45, 7) is 4.32. The quantitative estimate of drug-likeness (QED) is 0.0897. The van der Waals surface area contributed by atoms with Crippen molar-refractivity contribution >= 4 is 35.3 Å². The summed E-state index contributed by atoms with van der Waals surface area (Å²) in [5.74, 6) is 7.63. The highest BCUT2D eigenvalue weighted by atomic mass is 35.5. The maximum atomic E-state index is 10.9. The molecule has 0 radical (unpaired) electrons. The first kappa shape index (κ1) is 36.7. The average molecular weight is 683 g/mol. The molecule has 0 spiro atoms. The lowest BCUT2D eigenvalue weighted by Gasteiger charge is -2.04. The van der Waals surface area contributed by atoms with E-state index in [-0.39, 0.29) is 56.4 Å². The molecule has 2 aliphatic rings. The summed E-state index contributed by atoms with van der Waals surface area (Å²) in [5, 5.41) is 24.9. The van der Waals surface area contributed by atoms with Crippen molar-refractivity contribution in [3.63, 3.8) is 0 Å². The molecule has 2 N–H and O–H groups in total. The van der Waals surface area contributed by atoms with E-state index < -0.39 is 9.85 Å². The van der Waals surface area contributed by atoms with Gasteiger partial charge in [-0.15, -0.1) is 12.4 Å². The van der Waals surface area contributed by atoms with Gasteiger partial charge in [-0.2, -0.15) is 0 Å². The summed E-state index contributed by atoms with van der Waals surface area (Å²) >= 11 is 0.